The van der Waals surface area contributed by atoms with Crippen LogP contribution in [0.25, 0.3) is 0 Å². The quantitative estimate of drug-likeness (QED) is 0.928. The highest BCUT2D eigenvalue weighted by atomic mass is 32.2. The van der Waals surface area contributed by atoms with E-state index in [1.165, 1.54) is 0 Å². The van der Waals surface area contributed by atoms with E-state index in [2.05, 4.69) is 6.92 Å². The number of nitrogens with two attached hydrogens (primary N) is 1. The fourth-order valence-corrected chi connectivity index (χ4v) is 4.68. The van der Waals surface area contributed by atoms with E-state index in [4.69, 9.17) is 5.73 Å². The smallest absolute Gasteiger partial charge is 0.243 e. The Morgan fingerprint density at radius 1 is 1.30 bits per heavy atom. The summed E-state index contributed by atoms with van der Waals surface area (Å²) in [5.41, 5.74) is 6.47. The Balaban J connectivity index is 2.35. The van der Waals surface area contributed by atoms with Crippen molar-refractivity contribution in [2.75, 3.05) is 6.54 Å². The van der Waals surface area contributed by atoms with Crippen LogP contribution in [0.15, 0.2) is 29.2 Å². The van der Waals surface area contributed by atoms with Gasteiger partial charge in [-0.1, -0.05) is 31.9 Å². The largest absolute Gasteiger partial charge is 0.326 e. The lowest BCUT2D eigenvalue weighted by atomic mass is 10.1. The van der Waals surface area contributed by atoms with Gasteiger partial charge in [-0.2, -0.15) is 4.31 Å². The van der Waals surface area contributed by atoms with Gasteiger partial charge in [0, 0.05) is 19.1 Å². The molecule has 0 saturated carbocycles. The van der Waals surface area contributed by atoms with Crippen molar-refractivity contribution in [3.63, 3.8) is 0 Å². The molecule has 5 heteroatoms. The predicted molar refractivity (Wildman–Crippen MR) is 80.8 cm³/mol. The maximum atomic E-state index is 12.9. The molecule has 0 amide bonds. The monoisotopic (exact) mass is 296 g/mol. The molecule has 2 rings (SSSR count). The number of rotatable bonds is 4. The first-order valence-corrected chi connectivity index (χ1v) is 8.84. The molecule has 1 aromatic carbocycles. The molecule has 0 radical (unpaired) electrons. The first kappa shape index (κ1) is 15.5. The molecule has 0 aromatic heterocycles. The molecular weight excluding hydrogens is 272 g/mol. The Morgan fingerprint density at radius 2 is 2.10 bits per heavy atom. The highest BCUT2D eigenvalue weighted by molar-refractivity contribution is 7.89. The van der Waals surface area contributed by atoms with E-state index in [-0.39, 0.29) is 6.04 Å². The van der Waals surface area contributed by atoms with E-state index in [0.29, 0.717) is 18.0 Å². The van der Waals surface area contributed by atoms with Crippen molar-refractivity contribution >= 4 is 10.0 Å². The average molecular weight is 296 g/mol. The molecule has 0 bridgehead atoms. The molecule has 1 aromatic rings. The number of hydrogen-bond donors (Lipinski definition) is 1. The van der Waals surface area contributed by atoms with Gasteiger partial charge in [0.05, 0.1) is 4.90 Å². The molecule has 1 unspecified atom stereocenters. The maximum Gasteiger partial charge on any atom is 0.243 e. The molecule has 4 nitrogen and oxygen atoms in total. The maximum absolute atomic E-state index is 12.9. The van der Waals surface area contributed by atoms with E-state index in [9.17, 15) is 8.42 Å². The second-order valence-corrected chi connectivity index (χ2v) is 7.27. The SMILES string of the molecule is CCC1CCCCCN1S(=O)(=O)c1cccc(CN)c1. The second kappa shape index (κ2) is 6.70. The summed E-state index contributed by atoms with van der Waals surface area (Å²) in [6.45, 7) is 3.06. The van der Waals surface area contributed by atoms with E-state index in [1.54, 1.807) is 22.5 Å². The number of sulfonamides is 1. The summed E-state index contributed by atoms with van der Waals surface area (Å²) in [7, 11) is -3.40. The molecule has 2 N–H and O–H groups in total. The summed E-state index contributed by atoms with van der Waals surface area (Å²) in [4.78, 5) is 0.376. The second-order valence-electron chi connectivity index (χ2n) is 5.38. The van der Waals surface area contributed by atoms with E-state index in [0.717, 1.165) is 37.7 Å². The molecule has 1 aliphatic rings. The van der Waals surface area contributed by atoms with Crippen LogP contribution in [-0.4, -0.2) is 25.3 Å². The Hall–Kier alpha value is -0.910. The van der Waals surface area contributed by atoms with Gasteiger partial charge in [0.25, 0.3) is 0 Å². The van der Waals surface area contributed by atoms with Gasteiger partial charge in [0.1, 0.15) is 0 Å². The highest BCUT2D eigenvalue weighted by Gasteiger charge is 2.31. The van der Waals surface area contributed by atoms with Crippen LogP contribution in [0.2, 0.25) is 0 Å². The molecule has 1 fully saturated rings. The molecule has 1 saturated heterocycles. The van der Waals surface area contributed by atoms with Gasteiger partial charge >= 0.3 is 0 Å². The fraction of sp³-hybridized carbons (Fsp3) is 0.600. The topological polar surface area (TPSA) is 63.4 Å². The lowest BCUT2D eigenvalue weighted by molar-refractivity contribution is 0.315. The van der Waals surface area contributed by atoms with Crippen molar-refractivity contribution in [3.8, 4) is 0 Å². The van der Waals surface area contributed by atoms with Crippen molar-refractivity contribution in [3.05, 3.63) is 29.8 Å². The average Bonchev–Trinajstić information content (AvgIpc) is 2.72. The molecular formula is C15H24N2O2S. The highest BCUT2D eigenvalue weighted by Crippen LogP contribution is 2.26. The Labute approximate surface area is 122 Å². The van der Waals surface area contributed by atoms with E-state index >= 15 is 0 Å². The standard InChI is InChI=1S/C15H24N2O2S/c1-2-14-8-4-3-5-10-17(14)20(18,19)15-9-6-7-13(11-15)12-16/h6-7,9,11,14H,2-5,8,10,12,16H2,1H3. The van der Waals surface area contributed by atoms with Gasteiger partial charge in [-0.15, -0.1) is 0 Å². The zero-order valence-corrected chi connectivity index (χ0v) is 12.9. The van der Waals surface area contributed by atoms with Crippen molar-refractivity contribution < 1.29 is 8.42 Å². The lowest BCUT2D eigenvalue weighted by Gasteiger charge is -2.28. The third-order valence-electron chi connectivity index (χ3n) is 4.04. The van der Waals surface area contributed by atoms with Crippen LogP contribution >= 0.6 is 0 Å². The Bertz CT molecular complexity index is 543. The van der Waals surface area contributed by atoms with Gasteiger partial charge in [-0.25, -0.2) is 8.42 Å². The van der Waals surface area contributed by atoms with Crippen LogP contribution in [0.1, 0.15) is 44.6 Å². The predicted octanol–water partition coefficient (Wildman–Crippen LogP) is 2.49. The molecule has 112 valence electrons. The van der Waals surface area contributed by atoms with Gasteiger partial charge in [-0.3, -0.25) is 0 Å². The zero-order chi connectivity index (χ0) is 14.6. The van der Waals surface area contributed by atoms with Crippen LogP contribution in [0.5, 0.6) is 0 Å². The molecule has 20 heavy (non-hydrogen) atoms. The van der Waals surface area contributed by atoms with Crippen molar-refractivity contribution in [2.24, 2.45) is 5.73 Å². The molecule has 0 spiro atoms. The van der Waals surface area contributed by atoms with Crippen LogP contribution in [0.4, 0.5) is 0 Å². The van der Waals surface area contributed by atoms with E-state index < -0.39 is 10.0 Å². The van der Waals surface area contributed by atoms with Crippen molar-refractivity contribution in [1.29, 1.82) is 0 Å². The minimum Gasteiger partial charge on any atom is -0.326 e. The minimum absolute atomic E-state index is 0.129. The van der Waals surface area contributed by atoms with Crippen LogP contribution < -0.4 is 5.73 Å². The fourth-order valence-electron chi connectivity index (χ4n) is 2.84. The summed E-state index contributed by atoms with van der Waals surface area (Å²) >= 11 is 0. The van der Waals surface area contributed by atoms with Gasteiger partial charge < -0.3 is 5.73 Å². The first-order valence-electron chi connectivity index (χ1n) is 7.40. The summed E-state index contributed by atoms with van der Waals surface area (Å²) in [6, 6.07) is 7.13. The summed E-state index contributed by atoms with van der Waals surface area (Å²) in [6.07, 6.45) is 5.02. The summed E-state index contributed by atoms with van der Waals surface area (Å²) in [5, 5.41) is 0. The molecule has 1 aliphatic heterocycles. The van der Waals surface area contributed by atoms with Crippen LogP contribution in [0, 0.1) is 0 Å². The van der Waals surface area contributed by atoms with Gasteiger partial charge in [0.15, 0.2) is 0 Å². The minimum atomic E-state index is -3.40. The molecule has 0 aliphatic carbocycles. The first-order chi connectivity index (χ1) is 9.59. The third kappa shape index (κ3) is 3.22. The van der Waals surface area contributed by atoms with Crippen molar-refractivity contribution in [1.82, 2.24) is 4.31 Å². The van der Waals surface area contributed by atoms with Crippen LogP contribution in [-0.2, 0) is 16.6 Å². The summed E-state index contributed by atoms with van der Waals surface area (Å²) < 4.78 is 27.4. The normalized spacial score (nSPS) is 21.6. The lowest BCUT2D eigenvalue weighted by Crippen LogP contribution is -2.39. The van der Waals surface area contributed by atoms with E-state index in [1.807, 2.05) is 6.07 Å². The van der Waals surface area contributed by atoms with Crippen molar-refractivity contribution in [2.45, 2.75) is 56.5 Å². The molecule has 1 heterocycles. The Kier molecular flexibility index (Phi) is 5.18. The van der Waals surface area contributed by atoms with Gasteiger partial charge in [-0.05, 0) is 37.0 Å². The number of benzene rings is 1. The Morgan fingerprint density at radius 3 is 2.80 bits per heavy atom. The number of nitrogens with zero attached hydrogens (tertiary/aromatic N) is 1. The zero-order valence-electron chi connectivity index (χ0n) is 12.1. The van der Waals surface area contributed by atoms with Crippen LogP contribution in [0.3, 0.4) is 0 Å². The third-order valence-corrected chi connectivity index (χ3v) is 5.98. The van der Waals surface area contributed by atoms with Gasteiger partial charge in [0.2, 0.25) is 10.0 Å². The summed E-state index contributed by atoms with van der Waals surface area (Å²) in [5.74, 6) is 0. The molecule has 1 atom stereocenters. The number of hydrogen-bond acceptors (Lipinski definition) is 3.